The average Bonchev–Trinajstić information content (AvgIpc) is 2.40. The number of piperidine rings is 1. The molecule has 1 saturated carbocycles. The Morgan fingerprint density at radius 3 is 2.35 bits per heavy atom. The third kappa shape index (κ3) is 3.44. The Labute approximate surface area is 105 Å². The van der Waals surface area contributed by atoms with Crippen molar-refractivity contribution in [2.75, 3.05) is 19.7 Å². The van der Waals surface area contributed by atoms with Crippen LogP contribution in [0.3, 0.4) is 0 Å². The van der Waals surface area contributed by atoms with Crippen LogP contribution < -0.4 is 0 Å². The monoisotopic (exact) mass is 238 g/mol. The van der Waals surface area contributed by atoms with E-state index in [1.54, 1.807) is 0 Å². The number of ether oxygens (including phenoxy) is 1. The summed E-state index contributed by atoms with van der Waals surface area (Å²) in [6, 6.07) is 0. The van der Waals surface area contributed by atoms with E-state index in [0.717, 1.165) is 38.4 Å². The van der Waals surface area contributed by atoms with E-state index in [0.29, 0.717) is 12.0 Å². The second kappa shape index (κ2) is 6.39. The Bertz CT molecular complexity index is 241. The number of nitrogens with zero attached hydrogens (tertiary/aromatic N) is 1. The molecule has 3 nitrogen and oxygen atoms in total. The minimum atomic E-state index is 0.440. The van der Waals surface area contributed by atoms with Crippen molar-refractivity contribution < 1.29 is 4.74 Å². The Morgan fingerprint density at radius 1 is 1.12 bits per heavy atom. The molecule has 0 bridgehead atoms. The van der Waals surface area contributed by atoms with Gasteiger partial charge in [-0.2, -0.15) is 0 Å². The first-order valence-electron chi connectivity index (χ1n) is 7.26. The minimum Gasteiger partial charge on any atom is -0.378 e. The maximum Gasteiger partial charge on any atom is 0.0989 e. The molecule has 1 aliphatic carbocycles. The van der Waals surface area contributed by atoms with E-state index in [1.807, 2.05) is 0 Å². The highest BCUT2D eigenvalue weighted by Crippen LogP contribution is 2.27. The van der Waals surface area contributed by atoms with Gasteiger partial charge in [-0.05, 0) is 32.6 Å². The summed E-state index contributed by atoms with van der Waals surface area (Å²) < 4.78 is 5.66. The summed E-state index contributed by atoms with van der Waals surface area (Å²) in [7, 11) is 0. The zero-order valence-corrected chi connectivity index (χ0v) is 11.1. The fourth-order valence-electron chi connectivity index (χ4n) is 3.13. The SMILES string of the molecule is CCOC1CCN(C(=N)C2CCCCC2)CC1. The second-order valence-electron chi connectivity index (χ2n) is 5.36. The van der Waals surface area contributed by atoms with Crippen LogP contribution in [0.2, 0.25) is 0 Å². The van der Waals surface area contributed by atoms with E-state index >= 15 is 0 Å². The molecule has 0 spiro atoms. The predicted octanol–water partition coefficient (Wildman–Crippen LogP) is 3.04. The molecular weight excluding hydrogens is 212 g/mol. The number of rotatable bonds is 3. The zero-order valence-electron chi connectivity index (χ0n) is 11.1. The molecule has 2 aliphatic rings. The van der Waals surface area contributed by atoms with Crippen molar-refractivity contribution in [3.8, 4) is 0 Å². The molecule has 1 heterocycles. The van der Waals surface area contributed by atoms with Crippen molar-refractivity contribution in [1.82, 2.24) is 4.90 Å². The van der Waals surface area contributed by atoms with Crippen LogP contribution in [0, 0.1) is 11.3 Å². The van der Waals surface area contributed by atoms with Crippen molar-refractivity contribution in [3.63, 3.8) is 0 Å². The molecule has 1 aliphatic heterocycles. The summed E-state index contributed by atoms with van der Waals surface area (Å²) in [6.07, 6.45) is 9.14. The van der Waals surface area contributed by atoms with Crippen LogP contribution in [-0.2, 0) is 4.74 Å². The van der Waals surface area contributed by atoms with E-state index in [-0.39, 0.29) is 0 Å². The van der Waals surface area contributed by atoms with E-state index in [2.05, 4.69) is 11.8 Å². The van der Waals surface area contributed by atoms with Gasteiger partial charge in [0, 0.05) is 25.6 Å². The molecule has 17 heavy (non-hydrogen) atoms. The molecule has 0 amide bonds. The fourth-order valence-corrected chi connectivity index (χ4v) is 3.13. The van der Waals surface area contributed by atoms with Crippen molar-refractivity contribution in [2.45, 2.75) is 58.0 Å². The van der Waals surface area contributed by atoms with Crippen LogP contribution in [-0.4, -0.2) is 36.5 Å². The van der Waals surface area contributed by atoms with E-state index in [1.165, 1.54) is 32.1 Å². The van der Waals surface area contributed by atoms with Crippen molar-refractivity contribution in [1.29, 1.82) is 5.41 Å². The summed E-state index contributed by atoms with van der Waals surface area (Å²) in [5.41, 5.74) is 0. The minimum absolute atomic E-state index is 0.440. The third-order valence-corrected chi connectivity index (χ3v) is 4.18. The highest BCUT2D eigenvalue weighted by Gasteiger charge is 2.26. The second-order valence-corrected chi connectivity index (χ2v) is 5.36. The largest absolute Gasteiger partial charge is 0.378 e. The average molecular weight is 238 g/mol. The van der Waals surface area contributed by atoms with Crippen LogP contribution >= 0.6 is 0 Å². The van der Waals surface area contributed by atoms with Crippen molar-refractivity contribution >= 4 is 5.84 Å². The van der Waals surface area contributed by atoms with Crippen LogP contribution in [0.4, 0.5) is 0 Å². The van der Waals surface area contributed by atoms with E-state index < -0.39 is 0 Å². The van der Waals surface area contributed by atoms with Gasteiger partial charge in [-0.25, -0.2) is 0 Å². The molecule has 3 heteroatoms. The van der Waals surface area contributed by atoms with Gasteiger partial charge < -0.3 is 9.64 Å². The number of nitrogens with one attached hydrogen (secondary N) is 1. The summed E-state index contributed by atoms with van der Waals surface area (Å²) in [6.45, 7) is 4.95. The summed E-state index contributed by atoms with van der Waals surface area (Å²) >= 11 is 0. The topological polar surface area (TPSA) is 36.3 Å². The normalized spacial score (nSPS) is 23.9. The van der Waals surface area contributed by atoms with Gasteiger partial charge in [0.05, 0.1) is 11.9 Å². The highest BCUT2D eigenvalue weighted by atomic mass is 16.5. The lowest BCUT2D eigenvalue weighted by Gasteiger charge is -2.37. The molecule has 0 radical (unpaired) electrons. The Kier molecular flexibility index (Phi) is 4.84. The molecule has 0 atom stereocenters. The number of likely N-dealkylation sites (tertiary alicyclic amines) is 1. The predicted molar refractivity (Wildman–Crippen MR) is 70.5 cm³/mol. The summed E-state index contributed by atoms with van der Waals surface area (Å²) in [4.78, 5) is 2.30. The van der Waals surface area contributed by atoms with Crippen LogP contribution in [0.5, 0.6) is 0 Å². The lowest BCUT2D eigenvalue weighted by Crippen LogP contribution is -2.43. The Hall–Kier alpha value is -0.570. The van der Waals surface area contributed by atoms with Crippen LogP contribution in [0.25, 0.3) is 0 Å². The maximum absolute atomic E-state index is 8.33. The summed E-state index contributed by atoms with van der Waals surface area (Å²) in [5, 5.41) is 8.33. The van der Waals surface area contributed by atoms with Crippen molar-refractivity contribution in [2.24, 2.45) is 5.92 Å². The maximum atomic E-state index is 8.33. The van der Waals surface area contributed by atoms with Crippen LogP contribution in [0.15, 0.2) is 0 Å². The van der Waals surface area contributed by atoms with Gasteiger partial charge in [-0.1, -0.05) is 19.3 Å². The quantitative estimate of drug-likeness (QED) is 0.606. The summed E-state index contributed by atoms with van der Waals surface area (Å²) in [5.74, 6) is 1.46. The van der Waals surface area contributed by atoms with Gasteiger partial charge in [0.15, 0.2) is 0 Å². The molecule has 1 saturated heterocycles. The molecule has 0 aromatic heterocycles. The Balaban J connectivity index is 1.77. The third-order valence-electron chi connectivity index (χ3n) is 4.18. The molecule has 2 fully saturated rings. The van der Waals surface area contributed by atoms with Gasteiger partial charge >= 0.3 is 0 Å². The molecular formula is C14H26N2O. The van der Waals surface area contributed by atoms with Crippen molar-refractivity contribution in [3.05, 3.63) is 0 Å². The Morgan fingerprint density at radius 2 is 1.76 bits per heavy atom. The highest BCUT2D eigenvalue weighted by molar-refractivity contribution is 5.81. The number of hydrogen-bond acceptors (Lipinski definition) is 2. The first-order chi connectivity index (χ1) is 8.31. The number of hydrogen-bond donors (Lipinski definition) is 1. The van der Waals surface area contributed by atoms with E-state index in [9.17, 15) is 0 Å². The smallest absolute Gasteiger partial charge is 0.0989 e. The van der Waals surface area contributed by atoms with Gasteiger partial charge in [-0.3, -0.25) is 5.41 Å². The van der Waals surface area contributed by atoms with Gasteiger partial charge in [-0.15, -0.1) is 0 Å². The zero-order chi connectivity index (χ0) is 12.1. The van der Waals surface area contributed by atoms with Gasteiger partial charge in [0.2, 0.25) is 0 Å². The van der Waals surface area contributed by atoms with Crippen LogP contribution in [0.1, 0.15) is 51.9 Å². The molecule has 1 N–H and O–H groups in total. The molecule has 0 unspecified atom stereocenters. The van der Waals surface area contributed by atoms with Gasteiger partial charge in [0.25, 0.3) is 0 Å². The standard InChI is InChI=1S/C14H26N2O/c1-2-17-13-8-10-16(11-9-13)14(15)12-6-4-3-5-7-12/h12-13,15H,2-11H2,1H3. The van der Waals surface area contributed by atoms with E-state index in [4.69, 9.17) is 10.1 Å². The number of amidine groups is 1. The molecule has 2 rings (SSSR count). The first kappa shape index (κ1) is 12.9. The lowest BCUT2D eigenvalue weighted by molar-refractivity contribution is 0.0258. The first-order valence-corrected chi connectivity index (χ1v) is 7.26. The molecule has 0 aromatic rings. The van der Waals surface area contributed by atoms with Gasteiger partial charge in [0.1, 0.15) is 0 Å². The lowest BCUT2D eigenvalue weighted by atomic mass is 9.87. The molecule has 0 aromatic carbocycles. The molecule has 98 valence electrons. The fraction of sp³-hybridized carbons (Fsp3) is 0.929.